The molecule has 1 nitrogen and oxygen atoms in total. The molecule has 0 aromatic carbocycles. The summed E-state index contributed by atoms with van der Waals surface area (Å²) in [5.74, 6) is 0.740. The third kappa shape index (κ3) is 2.97. The zero-order valence-electron chi connectivity index (χ0n) is 5.22. The highest BCUT2D eigenvalue weighted by Crippen LogP contribution is 2.02. The third-order valence-corrected chi connectivity index (χ3v) is 1.44. The van der Waals surface area contributed by atoms with Crippen molar-refractivity contribution in [2.24, 2.45) is 0 Å². The van der Waals surface area contributed by atoms with Gasteiger partial charge in [-0.15, -0.1) is 24.0 Å². The predicted octanol–water partition coefficient (Wildman–Crippen LogP) is 1.87. The number of nitrogens with zero attached hydrogens (tertiary/aromatic N) is 1. The van der Waals surface area contributed by atoms with Gasteiger partial charge >= 0.3 is 0 Å². The minimum absolute atomic E-state index is 0. The summed E-state index contributed by atoms with van der Waals surface area (Å²) in [6, 6.07) is 0. The molecule has 0 atom stereocenters. The quantitative estimate of drug-likeness (QED) is 0.569. The monoisotopic (exact) mass is 167 g/mol. The zero-order chi connectivity index (χ0) is 5.82. The lowest BCUT2D eigenvalue weighted by Crippen LogP contribution is -2.16. The number of rotatable bonds is 2. The van der Waals surface area contributed by atoms with E-state index in [4.69, 9.17) is 11.6 Å². The number of hydrogen-bond donors (Lipinski definition) is 0. The van der Waals surface area contributed by atoms with E-state index in [2.05, 4.69) is 17.2 Å². The molecule has 0 amide bonds. The highest BCUT2D eigenvalue weighted by Gasteiger charge is 2.00. The van der Waals surface area contributed by atoms with Crippen molar-refractivity contribution in [3.63, 3.8) is 0 Å². The van der Waals surface area contributed by atoms with E-state index in [0.29, 0.717) is 0 Å². The van der Waals surface area contributed by atoms with E-state index in [9.17, 15) is 0 Å². The molecule has 0 saturated carbocycles. The normalized spacial score (nSPS) is 15.9. The topological polar surface area (TPSA) is 3.24 Å². The van der Waals surface area contributed by atoms with E-state index in [1.165, 1.54) is 6.42 Å². The van der Waals surface area contributed by atoms with Crippen LogP contribution in [0.1, 0.15) is 6.42 Å². The van der Waals surface area contributed by atoms with Crippen LogP contribution in [0, 0.1) is 0 Å². The van der Waals surface area contributed by atoms with Gasteiger partial charge in [-0.2, -0.15) is 0 Å². The van der Waals surface area contributed by atoms with Crippen molar-refractivity contribution in [3.05, 3.63) is 12.3 Å². The number of alkyl halides is 1. The van der Waals surface area contributed by atoms with Gasteiger partial charge in [0, 0.05) is 19.0 Å². The first-order valence-electron chi connectivity index (χ1n) is 2.90. The van der Waals surface area contributed by atoms with Crippen LogP contribution in [0.2, 0.25) is 0 Å². The van der Waals surface area contributed by atoms with Crippen molar-refractivity contribution >= 4 is 24.0 Å². The minimum atomic E-state index is 0. The zero-order valence-corrected chi connectivity index (χ0v) is 6.79. The fourth-order valence-corrected chi connectivity index (χ4v) is 1.05. The molecular formula is C6H11Cl2N. The summed E-state index contributed by atoms with van der Waals surface area (Å²) in [6.07, 6.45) is 5.48. The minimum Gasteiger partial charge on any atom is -0.376 e. The van der Waals surface area contributed by atoms with Gasteiger partial charge in [0.25, 0.3) is 0 Å². The van der Waals surface area contributed by atoms with E-state index in [1.54, 1.807) is 0 Å². The Morgan fingerprint density at radius 3 is 2.78 bits per heavy atom. The molecule has 0 fully saturated rings. The highest BCUT2D eigenvalue weighted by atomic mass is 35.5. The van der Waals surface area contributed by atoms with E-state index < -0.39 is 0 Å². The van der Waals surface area contributed by atoms with Gasteiger partial charge in [-0.3, -0.25) is 0 Å². The maximum Gasteiger partial charge on any atom is 0.0399 e. The SMILES string of the molecule is Cl.ClCCN1C=CCC1. The number of hydrogen-bond acceptors (Lipinski definition) is 1. The van der Waals surface area contributed by atoms with Crippen LogP contribution >= 0.6 is 24.0 Å². The van der Waals surface area contributed by atoms with Crippen LogP contribution < -0.4 is 0 Å². The molecule has 9 heavy (non-hydrogen) atoms. The Bertz CT molecular complexity index is 93.1. The number of halogens is 2. The lowest BCUT2D eigenvalue weighted by atomic mass is 10.5. The summed E-state index contributed by atoms with van der Waals surface area (Å²) in [5.41, 5.74) is 0. The molecule has 0 unspecified atom stereocenters. The maximum atomic E-state index is 5.51. The van der Waals surface area contributed by atoms with Crippen molar-refractivity contribution in [3.8, 4) is 0 Å². The van der Waals surface area contributed by atoms with Crippen LogP contribution in [-0.4, -0.2) is 23.9 Å². The van der Waals surface area contributed by atoms with Gasteiger partial charge in [0.15, 0.2) is 0 Å². The largest absolute Gasteiger partial charge is 0.376 e. The molecule has 54 valence electrons. The van der Waals surface area contributed by atoms with Crippen molar-refractivity contribution in [2.75, 3.05) is 19.0 Å². The molecule has 1 heterocycles. The Hall–Kier alpha value is 0.120. The first-order chi connectivity index (χ1) is 3.93. The van der Waals surface area contributed by atoms with Crippen molar-refractivity contribution in [1.29, 1.82) is 0 Å². The predicted molar refractivity (Wildman–Crippen MR) is 43.3 cm³/mol. The Kier molecular flexibility index (Phi) is 5.02. The first kappa shape index (κ1) is 9.12. The van der Waals surface area contributed by atoms with Crippen LogP contribution in [0.5, 0.6) is 0 Å². The molecule has 0 bridgehead atoms. The summed E-state index contributed by atoms with van der Waals surface area (Å²) in [4.78, 5) is 2.23. The van der Waals surface area contributed by atoms with Crippen LogP contribution in [-0.2, 0) is 0 Å². The first-order valence-corrected chi connectivity index (χ1v) is 3.43. The molecule has 0 aromatic heterocycles. The standard InChI is InChI=1S/C6H10ClN.ClH/c7-3-6-8-4-1-2-5-8;/h1,4H,2-3,5-6H2;1H. The van der Waals surface area contributed by atoms with E-state index in [1.807, 2.05) is 0 Å². The van der Waals surface area contributed by atoms with Crippen LogP contribution in [0.15, 0.2) is 12.3 Å². The van der Waals surface area contributed by atoms with Gasteiger partial charge in [-0.25, -0.2) is 0 Å². The molecule has 3 heteroatoms. The van der Waals surface area contributed by atoms with Gasteiger partial charge in [-0.05, 0) is 12.6 Å². The molecule has 0 N–H and O–H groups in total. The molecule has 0 saturated heterocycles. The van der Waals surface area contributed by atoms with E-state index in [-0.39, 0.29) is 12.4 Å². The summed E-state index contributed by atoms with van der Waals surface area (Å²) in [5, 5.41) is 0. The van der Waals surface area contributed by atoms with Gasteiger partial charge < -0.3 is 4.90 Å². The summed E-state index contributed by atoms with van der Waals surface area (Å²) in [7, 11) is 0. The molecule has 0 aromatic rings. The summed E-state index contributed by atoms with van der Waals surface area (Å²) in [6.45, 7) is 2.16. The molecule has 0 radical (unpaired) electrons. The second-order valence-electron chi connectivity index (χ2n) is 1.90. The van der Waals surface area contributed by atoms with Crippen LogP contribution in [0.25, 0.3) is 0 Å². The summed E-state index contributed by atoms with van der Waals surface area (Å²) < 4.78 is 0. The molecule has 1 aliphatic rings. The Labute approximate surface area is 67.1 Å². The summed E-state index contributed by atoms with van der Waals surface area (Å²) >= 11 is 5.51. The molecule has 1 rings (SSSR count). The average molecular weight is 168 g/mol. The van der Waals surface area contributed by atoms with Crippen molar-refractivity contribution in [1.82, 2.24) is 4.90 Å². The fourth-order valence-electron chi connectivity index (χ4n) is 0.833. The maximum absolute atomic E-state index is 5.51. The average Bonchev–Trinajstić information content (AvgIpc) is 2.19. The Balaban J connectivity index is 0.000000640. The van der Waals surface area contributed by atoms with Crippen molar-refractivity contribution in [2.45, 2.75) is 6.42 Å². The second kappa shape index (κ2) is 4.95. The van der Waals surface area contributed by atoms with Gasteiger partial charge in [0.05, 0.1) is 0 Å². The second-order valence-corrected chi connectivity index (χ2v) is 2.28. The molecule has 0 spiro atoms. The molecule has 1 aliphatic heterocycles. The lowest BCUT2D eigenvalue weighted by Gasteiger charge is -2.11. The Morgan fingerprint density at radius 2 is 2.33 bits per heavy atom. The van der Waals surface area contributed by atoms with Crippen molar-refractivity contribution < 1.29 is 0 Å². The Morgan fingerprint density at radius 1 is 1.56 bits per heavy atom. The lowest BCUT2D eigenvalue weighted by molar-refractivity contribution is 0.432. The highest BCUT2D eigenvalue weighted by molar-refractivity contribution is 6.18. The smallest absolute Gasteiger partial charge is 0.0399 e. The van der Waals surface area contributed by atoms with Crippen LogP contribution in [0.3, 0.4) is 0 Å². The molecule has 0 aliphatic carbocycles. The van der Waals surface area contributed by atoms with E-state index >= 15 is 0 Å². The molecular weight excluding hydrogens is 157 g/mol. The van der Waals surface area contributed by atoms with Gasteiger partial charge in [-0.1, -0.05) is 6.08 Å². The third-order valence-electron chi connectivity index (χ3n) is 1.27. The van der Waals surface area contributed by atoms with Gasteiger partial charge in [0.2, 0.25) is 0 Å². The van der Waals surface area contributed by atoms with E-state index in [0.717, 1.165) is 19.0 Å². The van der Waals surface area contributed by atoms with Crippen LogP contribution in [0.4, 0.5) is 0 Å². The fraction of sp³-hybridized carbons (Fsp3) is 0.667. The van der Waals surface area contributed by atoms with Gasteiger partial charge in [0.1, 0.15) is 0 Å².